The largest absolute Gasteiger partial charge is 1.00 e. The third kappa shape index (κ3) is 13.1. The van der Waals surface area contributed by atoms with E-state index < -0.39 is 0 Å². The quantitative estimate of drug-likeness (QED) is 0.207. The summed E-state index contributed by atoms with van der Waals surface area (Å²) in [6.45, 7) is 22.8. The molecule has 0 spiro atoms. The average molecular weight is 914 g/mol. The van der Waals surface area contributed by atoms with Crippen LogP contribution in [-0.2, 0) is 33.8 Å². The molecule has 0 radical (unpaired) electrons. The Labute approximate surface area is 345 Å². The van der Waals surface area contributed by atoms with Crippen LogP contribution in [0.1, 0.15) is 128 Å². The molecule has 0 nitrogen and oxygen atoms in total. The Kier molecular flexibility index (Phi) is 18.8. The van der Waals surface area contributed by atoms with Gasteiger partial charge in [-0.25, -0.2) is 0 Å². The molecule has 0 fully saturated rings. The van der Waals surface area contributed by atoms with Crippen LogP contribution < -0.4 is 24.8 Å². The normalized spacial score (nSPS) is 18.7. The van der Waals surface area contributed by atoms with Gasteiger partial charge in [0.15, 0.2) is 0 Å². The summed E-state index contributed by atoms with van der Waals surface area (Å²) in [5, 5.41) is 0. The minimum Gasteiger partial charge on any atom is -1.00 e. The summed E-state index contributed by atoms with van der Waals surface area (Å²) >= 11 is 1.45. The molecule has 2 aromatic rings. The third-order valence-corrected chi connectivity index (χ3v) is 9.56. The van der Waals surface area contributed by atoms with Gasteiger partial charge in [0.2, 0.25) is 0 Å². The fourth-order valence-electron chi connectivity index (χ4n) is 6.83. The summed E-state index contributed by atoms with van der Waals surface area (Å²) in [4.78, 5) is 0. The molecule has 0 heterocycles. The Morgan fingerprint density at radius 2 is 0.942 bits per heavy atom. The van der Waals surface area contributed by atoms with Crippen LogP contribution in [0.15, 0.2) is 131 Å². The van der Waals surface area contributed by atoms with Gasteiger partial charge in [-0.05, 0) is 70.6 Å². The van der Waals surface area contributed by atoms with Crippen molar-refractivity contribution in [2.45, 2.75) is 130 Å². The van der Waals surface area contributed by atoms with Gasteiger partial charge in [0.05, 0.1) is 0 Å². The van der Waals surface area contributed by atoms with Crippen LogP contribution in [-0.4, -0.2) is 5.49 Å². The predicted molar refractivity (Wildman–Crippen MR) is 216 cm³/mol. The molecule has 0 bridgehead atoms. The van der Waals surface area contributed by atoms with E-state index in [0.29, 0.717) is 11.8 Å². The Morgan fingerprint density at radius 1 is 0.615 bits per heavy atom. The Balaban J connectivity index is 0.000000316. The van der Waals surface area contributed by atoms with Crippen LogP contribution in [0.2, 0.25) is 13.1 Å². The van der Waals surface area contributed by atoms with E-state index >= 15 is 0 Å². The van der Waals surface area contributed by atoms with Crippen molar-refractivity contribution in [1.82, 2.24) is 0 Å². The first kappa shape index (κ1) is 46.2. The van der Waals surface area contributed by atoms with Crippen molar-refractivity contribution in [3.8, 4) is 0 Å². The molecule has 52 heavy (non-hydrogen) atoms. The van der Waals surface area contributed by atoms with Crippen molar-refractivity contribution in [3.63, 3.8) is 0 Å². The molecule has 0 aliphatic heterocycles. The van der Waals surface area contributed by atoms with Gasteiger partial charge in [0, 0.05) is 0 Å². The summed E-state index contributed by atoms with van der Waals surface area (Å²) < 4.78 is 0. The monoisotopic (exact) mass is 914 g/mol. The number of hydrogen-bond acceptors (Lipinski definition) is 0. The van der Waals surface area contributed by atoms with Crippen LogP contribution in [0.3, 0.4) is 0 Å². The molecule has 0 saturated heterocycles. The van der Waals surface area contributed by atoms with E-state index in [1.807, 2.05) is 0 Å². The SMILES string of the molecule is CCCC1=[C-]C2=CC=CCC(c3ccc(C(C)(C)C)cc3)C2=C1.CCCC1=[C-]C2=CC=CCC(c3ccc(C(C)(C)C)cc3)C2=C1.C[Si](C)=[Hf+2].[Cl-].[Cl-]. The Bertz CT molecular complexity index is 1610. The van der Waals surface area contributed by atoms with Crippen LogP contribution in [0.4, 0.5) is 0 Å². The summed E-state index contributed by atoms with van der Waals surface area (Å²) in [5.74, 6) is 0.909. The topological polar surface area (TPSA) is 0 Å². The number of fused-ring (bicyclic) bond motifs is 2. The Morgan fingerprint density at radius 3 is 1.23 bits per heavy atom. The summed E-state index contributed by atoms with van der Waals surface area (Å²) in [6, 6.07) is 18.5. The molecule has 4 aliphatic carbocycles. The van der Waals surface area contributed by atoms with Crippen molar-refractivity contribution in [3.05, 3.63) is 165 Å². The molecular weight excluding hydrogens is 854 g/mol. The second-order valence-electron chi connectivity index (χ2n) is 16.3. The second-order valence-corrected chi connectivity index (χ2v) is 29.1. The van der Waals surface area contributed by atoms with E-state index in [2.05, 4.69) is 178 Å². The van der Waals surface area contributed by atoms with Crippen LogP contribution >= 0.6 is 0 Å². The number of rotatable bonds is 6. The standard InChI is InChI=1S/2C23H27.C2H6Si.2ClH.Hf/c2*1-5-8-17-15-19-9-6-7-10-21(22(19)16-17)18-11-13-20(14-12-18)23(2,3)4;1-3-2;;;/h2*6-7,9,11-14,16,21H,5,8,10H2,1-4H3;1-2H3;2*1H;/q2*-1;;;;+2/p-2. The smallest absolute Gasteiger partial charge is 1.00 e. The first-order valence-corrected chi connectivity index (χ1v) is 26.8. The van der Waals surface area contributed by atoms with Crippen molar-refractivity contribution in [1.29, 1.82) is 0 Å². The van der Waals surface area contributed by atoms with Gasteiger partial charge in [0.25, 0.3) is 0 Å². The van der Waals surface area contributed by atoms with Crippen LogP contribution in [0.5, 0.6) is 0 Å². The summed E-state index contributed by atoms with van der Waals surface area (Å²) in [5.41, 5.74) is 14.5. The molecular formula is C48H60Cl2HfSi-2. The van der Waals surface area contributed by atoms with Gasteiger partial charge in [0.1, 0.15) is 0 Å². The maximum atomic E-state index is 3.60. The van der Waals surface area contributed by atoms with E-state index in [1.54, 1.807) is 0 Å². The van der Waals surface area contributed by atoms with Gasteiger partial charge in [-0.3, -0.25) is 0 Å². The van der Waals surface area contributed by atoms with Crippen LogP contribution in [0, 0.1) is 12.2 Å². The number of benzene rings is 2. The minimum absolute atomic E-state index is 0. The van der Waals surface area contributed by atoms with E-state index in [-0.39, 0.29) is 41.1 Å². The minimum atomic E-state index is 0. The van der Waals surface area contributed by atoms with Gasteiger partial charge in [-0.2, -0.15) is 34.4 Å². The fraction of sp³-hybridized carbons (Fsp3) is 0.417. The van der Waals surface area contributed by atoms with Crippen molar-refractivity contribution in [2.24, 2.45) is 0 Å². The van der Waals surface area contributed by atoms with E-state index in [9.17, 15) is 0 Å². The van der Waals surface area contributed by atoms with Crippen molar-refractivity contribution in [2.75, 3.05) is 0 Å². The molecule has 6 rings (SSSR count). The first-order chi connectivity index (χ1) is 23.7. The van der Waals surface area contributed by atoms with Crippen molar-refractivity contribution < 1.29 is 47.8 Å². The van der Waals surface area contributed by atoms with Gasteiger partial charge in [-0.1, -0.05) is 129 Å². The van der Waals surface area contributed by atoms with Crippen LogP contribution in [0.25, 0.3) is 0 Å². The maximum Gasteiger partial charge on any atom is -1.00 e. The average Bonchev–Trinajstić information content (AvgIpc) is 3.51. The third-order valence-electron chi connectivity index (χ3n) is 9.56. The predicted octanol–water partition coefficient (Wildman–Crippen LogP) is 7.64. The Hall–Kier alpha value is -1.97. The molecule has 2 aromatic carbocycles. The molecule has 0 saturated carbocycles. The van der Waals surface area contributed by atoms with E-state index in [0.717, 1.165) is 25.7 Å². The number of halogens is 2. The molecule has 0 amide bonds. The summed E-state index contributed by atoms with van der Waals surface area (Å²) in [7, 11) is 0. The van der Waals surface area contributed by atoms with Gasteiger partial charge < -0.3 is 24.8 Å². The molecule has 0 aromatic heterocycles. The zero-order valence-corrected chi connectivity index (χ0v) is 39.5. The number of allylic oxidation sites excluding steroid dienone is 16. The molecule has 4 heteroatoms. The molecule has 2 unspecified atom stereocenters. The van der Waals surface area contributed by atoms with Gasteiger partial charge in [-0.15, -0.1) is 47.6 Å². The van der Waals surface area contributed by atoms with Gasteiger partial charge >= 0.3 is 41.6 Å². The first-order valence-electron chi connectivity index (χ1n) is 18.9. The second kappa shape index (κ2) is 21.2. The van der Waals surface area contributed by atoms with Crippen molar-refractivity contribution >= 4 is 5.49 Å². The maximum absolute atomic E-state index is 3.60. The van der Waals surface area contributed by atoms with E-state index in [4.69, 9.17) is 0 Å². The number of hydrogen-bond donors (Lipinski definition) is 0. The fourth-order valence-corrected chi connectivity index (χ4v) is 6.83. The van der Waals surface area contributed by atoms with E-state index in [1.165, 1.54) is 91.5 Å². The molecule has 2 atom stereocenters. The zero-order chi connectivity index (χ0) is 36.5. The summed E-state index contributed by atoms with van der Waals surface area (Å²) in [6.07, 6.45) is 32.1. The zero-order valence-electron chi connectivity index (χ0n) is 33.4. The molecule has 4 aliphatic rings. The molecule has 276 valence electrons. The molecule has 0 N–H and O–H groups in total.